The Balaban J connectivity index is 1.74. The fraction of sp³-hybridized carbons (Fsp3) is 0.556. The van der Waals surface area contributed by atoms with E-state index >= 15 is 0 Å². The zero-order valence-electron chi connectivity index (χ0n) is 12.3. The Hall–Kier alpha value is -0.860. The van der Waals surface area contributed by atoms with Crippen molar-refractivity contribution in [1.29, 1.82) is 0 Å². The minimum Gasteiger partial charge on any atom is -0.309 e. The van der Waals surface area contributed by atoms with Gasteiger partial charge in [-0.15, -0.1) is 11.3 Å². The molecule has 0 unspecified atom stereocenters. The van der Waals surface area contributed by atoms with Crippen molar-refractivity contribution in [2.75, 3.05) is 0 Å². The van der Waals surface area contributed by atoms with E-state index in [1.54, 1.807) is 27.0 Å². The Morgan fingerprint density at radius 1 is 1.20 bits per heavy atom. The van der Waals surface area contributed by atoms with Gasteiger partial charge < -0.3 is 5.32 Å². The Labute approximate surface area is 125 Å². The van der Waals surface area contributed by atoms with Gasteiger partial charge in [0, 0.05) is 22.2 Å². The number of hydrogen-bond acceptors (Lipinski definition) is 2. The number of hydrogen-bond donors (Lipinski definition) is 1. The molecule has 1 saturated carbocycles. The topological polar surface area (TPSA) is 12.0 Å². The number of rotatable bonds is 5. The molecule has 106 valence electrons. The molecule has 20 heavy (non-hydrogen) atoms. The summed E-state index contributed by atoms with van der Waals surface area (Å²) >= 11 is 2.04. The molecule has 1 fully saturated rings. The minimum absolute atomic E-state index is 0.805. The van der Waals surface area contributed by atoms with E-state index in [1.807, 2.05) is 11.3 Å². The van der Waals surface area contributed by atoms with Crippen LogP contribution in [0.2, 0.25) is 0 Å². The maximum atomic E-state index is 3.70. The Kier molecular flexibility index (Phi) is 3.31. The van der Waals surface area contributed by atoms with Crippen molar-refractivity contribution in [1.82, 2.24) is 5.32 Å². The maximum Gasteiger partial charge on any atom is 0.0351 e. The third-order valence-electron chi connectivity index (χ3n) is 4.72. The van der Waals surface area contributed by atoms with E-state index in [0.717, 1.165) is 12.6 Å². The summed E-state index contributed by atoms with van der Waals surface area (Å²) in [5.41, 5.74) is 4.87. The zero-order valence-corrected chi connectivity index (χ0v) is 13.1. The molecule has 2 aromatic rings. The molecule has 1 N–H and O–H groups in total. The molecule has 1 heterocycles. The molecule has 0 aliphatic heterocycles. The molecule has 4 rings (SSSR count). The van der Waals surface area contributed by atoms with E-state index in [0.29, 0.717) is 0 Å². The fourth-order valence-corrected chi connectivity index (χ4v) is 4.71. The van der Waals surface area contributed by atoms with Crippen molar-refractivity contribution in [3.8, 4) is 0 Å². The van der Waals surface area contributed by atoms with Crippen LogP contribution in [-0.2, 0) is 25.8 Å². The van der Waals surface area contributed by atoms with Gasteiger partial charge in [-0.1, -0.05) is 13.3 Å². The largest absolute Gasteiger partial charge is 0.309 e. The van der Waals surface area contributed by atoms with Crippen LogP contribution in [0.25, 0.3) is 10.1 Å². The first-order chi connectivity index (χ1) is 9.85. The number of nitrogens with one attached hydrogen (secondary N) is 1. The van der Waals surface area contributed by atoms with E-state index in [1.165, 1.54) is 49.6 Å². The average molecular weight is 285 g/mol. The summed E-state index contributed by atoms with van der Waals surface area (Å²) in [6.45, 7) is 3.39. The first-order valence-electron chi connectivity index (χ1n) is 8.14. The molecular formula is C18H23NS. The highest BCUT2D eigenvalue weighted by atomic mass is 32.1. The zero-order chi connectivity index (χ0) is 13.5. The second-order valence-corrected chi connectivity index (χ2v) is 7.52. The molecule has 2 aliphatic rings. The van der Waals surface area contributed by atoms with Crippen LogP contribution >= 0.6 is 11.3 Å². The molecule has 0 atom stereocenters. The predicted octanol–water partition coefficient (Wildman–Crippen LogP) is 4.59. The average Bonchev–Trinajstić information content (AvgIpc) is 3.07. The van der Waals surface area contributed by atoms with Gasteiger partial charge in [0.05, 0.1) is 0 Å². The molecular weight excluding hydrogens is 262 g/mol. The van der Waals surface area contributed by atoms with Gasteiger partial charge in [-0.2, -0.15) is 0 Å². The van der Waals surface area contributed by atoms with Gasteiger partial charge in [-0.05, 0) is 72.7 Å². The minimum atomic E-state index is 0.805. The van der Waals surface area contributed by atoms with Crippen LogP contribution in [0.15, 0.2) is 12.1 Å². The van der Waals surface area contributed by atoms with Crippen LogP contribution in [0.4, 0.5) is 0 Å². The van der Waals surface area contributed by atoms with Crippen molar-refractivity contribution >= 4 is 21.4 Å². The first-order valence-corrected chi connectivity index (χ1v) is 8.96. The van der Waals surface area contributed by atoms with Gasteiger partial charge in [0.25, 0.3) is 0 Å². The summed E-state index contributed by atoms with van der Waals surface area (Å²) in [7, 11) is 0. The SMILES string of the molecule is CCCc1c(CNC2CC2)sc2cc3c(cc12)CCC3. The maximum absolute atomic E-state index is 3.70. The molecule has 1 aromatic heterocycles. The molecule has 0 radical (unpaired) electrons. The lowest BCUT2D eigenvalue weighted by molar-refractivity contribution is 0.690. The molecule has 2 heteroatoms. The molecule has 0 amide bonds. The molecule has 0 saturated heterocycles. The quantitative estimate of drug-likeness (QED) is 0.847. The van der Waals surface area contributed by atoms with E-state index in [2.05, 4.69) is 24.4 Å². The van der Waals surface area contributed by atoms with Gasteiger partial charge in [0.15, 0.2) is 0 Å². The third kappa shape index (κ3) is 2.29. The monoisotopic (exact) mass is 285 g/mol. The van der Waals surface area contributed by atoms with Gasteiger partial charge in [0.1, 0.15) is 0 Å². The smallest absolute Gasteiger partial charge is 0.0351 e. The van der Waals surface area contributed by atoms with Crippen molar-refractivity contribution in [2.24, 2.45) is 0 Å². The first kappa shape index (κ1) is 12.8. The Bertz CT molecular complexity index is 636. The number of benzene rings is 1. The predicted molar refractivity (Wildman–Crippen MR) is 87.7 cm³/mol. The third-order valence-corrected chi connectivity index (χ3v) is 5.91. The standard InChI is InChI=1S/C18H23NS/c1-2-4-15-16-9-12-5-3-6-13(12)10-17(16)20-18(15)11-19-14-7-8-14/h9-10,14,19H,2-8,11H2,1H3. The van der Waals surface area contributed by atoms with E-state index in [4.69, 9.17) is 0 Å². The number of thiophene rings is 1. The van der Waals surface area contributed by atoms with Gasteiger partial charge in [-0.3, -0.25) is 0 Å². The van der Waals surface area contributed by atoms with Gasteiger partial charge in [-0.25, -0.2) is 0 Å². The lowest BCUT2D eigenvalue weighted by Gasteiger charge is -2.05. The summed E-state index contributed by atoms with van der Waals surface area (Å²) in [6, 6.07) is 5.81. The second kappa shape index (κ2) is 5.16. The van der Waals surface area contributed by atoms with E-state index < -0.39 is 0 Å². The summed E-state index contributed by atoms with van der Waals surface area (Å²) in [4.78, 5) is 1.59. The second-order valence-electron chi connectivity index (χ2n) is 6.38. The van der Waals surface area contributed by atoms with Crippen molar-refractivity contribution in [2.45, 2.75) is 64.5 Å². The summed E-state index contributed by atoms with van der Waals surface area (Å²) in [5, 5.41) is 5.26. The molecule has 0 spiro atoms. The van der Waals surface area contributed by atoms with Crippen molar-refractivity contribution < 1.29 is 0 Å². The Morgan fingerprint density at radius 2 is 2.00 bits per heavy atom. The van der Waals surface area contributed by atoms with Gasteiger partial charge >= 0.3 is 0 Å². The lowest BCUT2D eigenvalue weighted by Crippen LogP contribution is -2.15. The Morgan fingerprint density at radius 3 is 2.75 bits per heavy atom. The highest BCUT2D eigenvalue weighted by Crippen LogP contribution is 2.37. The van der Waals surface area contributed by atoms with Crippen LogP contribution in [0.1, 0.15) is 54.2 Å². The van der Waals surface area contributed by atoms with E-state index in [-0.39, 0.29) is 0 Å². The van der Waals surface area contributed by atoms with Gasteiger partial charge in [0.2, 0.25) is 0 Å². The van der Waals surface area contributed by atoms with Crippen LogP contribution in [-0.4, -0.2) is 6.04 Å². The van der Waals surface area contributed by atoms with Crippen molar-refractivity contribution in [3.05, 3.63) is 33.7 Å². The van der Waals surface area contributed by atoms with Crippen LogP contribution in [0, 0.1) is 0 Å². The normalized spacial score (nSPS) is 17.9. The van der Waals surface area contributed by atoms with E-state index in [9.17, 15) is 0 Å². The highest BCUT2D eigenvalue weighted by Gasteiger charge is 2.22. The number of fused-ring (bicyclic) bond motifs is 2. The van der Waals surface area contributed by atoms with Crippen LogP contribution in [0.3, 0.4) is 0 Å². The summed E-state index contributed by atoms with van der Waals surface area (Å²) in [6.07, 6.45) is 9.18. The molecule has 0 bridgehead atoms. The molecule has 1 nitrogen and oxygen atoms in total. The lowest BCUT2D eigenvalue weighted by atomic mass is 10.0. The number of aryl methyl sites for hydroxylation is 3. The molecule has 1 aromatic carbocycles. The highest BCUT2D eigenvalue weighted by molar-refractivity contribution is 7.19. The van der Waals surface area contributed by atoms with Crippen LogP contribution in [0.5, 0.6) is 0 Å². The van der Waals surface area contributed by atoms with Crippen molar-refractivity contribution in [3.63, 3.8) is 0 Å². The van der Waals surface area contributed by atoms with Crippen LogP contribution < -0.4 is 5.32 Å². The summed E-state index contributed by atoms with van der Waals surface area (Å²) < 4.78 is 1.53. The molecule has 2 aliphatic carbocycles. The fourth-order valence-electron chi connectivity index (χ4n) is 3.46. The summed E-state index contributed by atoms with van der Waals surface area (Å²) in [5.74, 6) is 0.